The number of aryl methyl sites for hydroxylation is 3. The highest BCUT2D eigenvalue weighted by molar-refractivity contribution is 5.38. The third-order valence-electron chi connectivity index (χ3n) is 3.08. The molecule has 0 unspecified atom stereocenters. The van der Waals surface area contributed by atoms with E-state index in [0.29, 0.717) is 6.04 Å². The highest BCUT2D eigenvalue weighted by Crippen LogP contribution is 2.27. The van der Waals surface area contributed by atoms with Crippen LogP contribution in [0.4, 0.5) is 0 Å². The smallest absolute Gasteiger partial charge is 0.0335 e. The number of benzene rings is 1. The van der Waals surface area contributed by atoms with Crippen molar-refractivity contribution in [1.82, 2.24) is 5.32 Å². The van der Waals surface area contributed by atoms with E-state index in [1.165, 1.54) is 35.2 Å². The fourth-order valence-corrected chi connectivity index (χ4v) is 1.91. The van der Waals surface area contributed by atoms with E-state index < -0.39 is 0 Å². The molecular formula is C12H17N. The van der Waals surface area contributed by atoms with Crippen LogP contribution in [0.15, 0.2) is 12.1 Å². The molecule has 13 heavy (non-hydrogen) atoms. The van der Waals surface area contributed by atoms with Crippen molar-refractivity contribution in [3.8, 4) is 0 Å². The summed E-state index contributed by atoms with van der Waals surface area (Å²) >= 11 is 0. The minimum absolute atomic E-state index is 0.624. The Morgan fingerprint density at radius 1 is 1.08 bits per heavy atom. The number of rotatable bonds is 1. The van der Waals surface area contributed by atoms with E-state index in [1.807, 2.05) is 0 Å². The lowest BCUT2D eigenvalue weighted by Crippen LogP contribution is -2.35. The van der Waals surface area contributed by atoms with Gasteiger partial charge in [-0.3, -0.25) is 0 Å². The molecule has 1 fully saturated rings. The summed E-state index contributed by atoms with van der Waals surface area (Å²) < 4.78 is 0. The molecule has 0 aliphatic carbocycles. The van der Waals surface area contributed by atoms with Crippen molar-refractivity contribution in [2.45, 2.75) is 33.2 Å². The predicted octanol–water partition coefficient (Wildman–Crippen LogP) is 2.65. The van der Waals surface area contributed by atoms with Crippen LogP contribution in [0.5, 0.6) is 0 Å². The van der Waals surface area contributed by atoms with Gasteiger partial charge < -0.3 is 5.32 Å². The molecule has 1 heteroatoms. The van der Waals surface area contributed by atoms with Crippen molar-refractivity contribution < 1.29 is 0 Å². The molecule has 0 spiro atoms. The van der Waals surface area contributed by atoms with E-state index >= 15 is 0 Å². The summed E-state index contributed by atoms with van der Waals surface area (Å²) in [5, 5.41) is 3.45. The topological polar surface area (TPSA) is 12.0 Å². The Morgan fingerprint density at radius 2 is 1.69 bits per heavy atom. The van der Waals surface area contributed by atoms with Crippen molar-refractivity contribution in [3.05, 3.63) is 34.4 Å². The van der Waals surface area contributed by atoms with Crippen molar-refractivity contribution >= 4 is 0 Å². The van der Waals surface area contributed by atoms with Crippen LogP contribution in [-0.4, -0.2) is 6.54 Å². The molecule has 1 saturated heterocycles. The zero-order valence-electron chi connectivity index (χ0n) is 8.65. The van der Waals surface area contributed by atoms with Gasteiger partial charge in [-0.2, -0.15) is 0 Å². The standard InChI is InChI=1S/C12H17N/c1-8-6-10(3)11(7-9(8)2)12-4-5-13-12/h6-7,12-13H,4-5H2,1-3H3/t12-/m0/s1. The maximum absolute atomic E-state index is 3.45. The van der Waals surface area contributed by atoms with Gasteiger partial charge in [-0.15, -0.1) is 0 Å². The second-order valence-corrected chi connectivity index (χ2v) is 4.09. The molecule has 1 heterocycles. The minimum atomic E-state index is 0.624. The van der Waals surface area contributed by atoms with Gasteiger partial charge in [0, 0.05) is 6.04 Å². The van der Waals surface area contributed by atoms with Gasteiger partial charge in [-0.25, -0.2) is 0 Å². The first-order valence-electron chi connectivity index (χ1n) is 4.99. The van der Waals surface area contributed by atoms with E-state index in [-0.39, 0.29) is 0 Å². The van der Waals surface area contributed by atoms with Gasteiger partial charge in [0.2, 0.25) is 0 Å². The number of hydrogen-bond donors (Lipinski definition) is 1. The first-order valence-corrected chi connectivity index (χ1v) is 4.99. The molecule has 0 amide bonds. The molecule has 1 atom stereocenters. The van der Waals surface area contributed by atoms with E-state index in [1.54, 1.807) is 0 Å². The summed E-state index contributed by atoms with van der Waals surface area (Å²) in [6.07, 6.45) is 1.29. The van der Waals surface area contributed by atoms with Gasteiger partial charge in [-0.05, 0) is 56.0 Å². The molecule has 2 rings (SSSR count). The SMILES string of the molecule is Cc1cc(C)c([C@@H]2CCN2)cc1C. The predicted molar refractivity (Wildman–Crippen MR) is 56.0 cm³/mol. The Kier molecular flexibility index (Phi) is 2.12. The Balaban J connectivity index is 2.39. The zero-order valence-corrected chi connectivity index (χ0v) is 8.65. The maximum Gasteiger partial charge on any atom is 0.0335 e. The summed E-state index contributed by atoms with van der Waals surface area (Å²) in [5.74, 6) is 0. The molecular weight excluding hydrogens is 158 g/mol. The molecule has 0 aromatic heterocycles. The van der Waals surface area contributed by atoms with Crippen LogP contribution in [0.1, 0.15) is 34.7 Å². The van der Waals surface area contributed by atoms with Crippen LogP contribution in [-0.2, 0) is 0 Å². The van der Waals surface area contributed by atoms with Gasteiger partial charge >= 0.3 is 0 Å². The second kappa shape index (κ2) is 3.15. The van der Waals surface area contributed by atoms with Crippen molar-refractivity contribution in [3.63, 3.8) is 0 Å². The van der Waals surface area contributed by atoms with Gasteiger partial charge in [0.1, 0.15) is 0 Å². The Hall–Kier alpha value is -0.820. The molecule has 0 bridgehead atoms. The van der Waals surface area contributed by atoms with Gasteiger partial charge in [0.05, 0.1) is 0 Å². The minimum Gasteiger partial charge on any atom is -0.310 e. The Morgan fingerprint density at radius 3 is 2.23 bits per heavy atom. The second-order valence-electron chi connectivity index (χ2n) is 4.09. The van der Waals surface area contributed by atoms with Crippen molar-refractivity contribution in [2.75, 3.05) is 6.54 Å². The summed E-state index contributed by atoms with van der Waals surface area (Å²) in [7, 11) is 0. The molecule has 1 aromatic rings. The lowest BCUT2D eigenvalue weighted by atomic mass is 9.91. The maximum atomic E-state index is 3.45. The molecule has 1 aliphatic rings. The lowest BCUT2D eigenvalue weighted by molar-refractivity contribution is 0.381. The zero-order chi connectivity index (χ0) is 9.42. The van der Waals surface area contributed by atoms with Gasteiger partial charge in [-0.1, -0.05) is 12.1 Å². The van der Waals surface area contributed by atoms with Crippen LogP contribution in [0.25, 0.3) is 0 Å². The average Bonchev–Trinajstić information content (AvgIpc) is 1.96. The largest absolute Gasteiger partial charge is 0.310 e. The summed E-state index contributed by atoms with van der Waals surface area (Å²) in [5.41, 5.74) is 5.74. The molecule has 70 valence electrons. The van der Waals surface area contributed by atoms with E-state index in [4.69, 9.17) is 0 Å². The van der Waals surface area contributed by atoms with Crippen LogP contribution in [0, 0.1) is 20.8 Å². The number of hydrogen-bond acceptors (Lipinski definition) is 1. The summed E-state index contributed by atoms with van der Waals surface area (Å²) in [6.45, 7) is 7.76. The average molecular weight is 175 g/mol. The van der Waals surface area contributed by atoms with Crippen LogP contribution in [0.2, 0.25) is 0 Å². The monoisotopic (exact) mass is 175 g/mol. The van der Waals surface area contributed by atoms with Crippen LogP contribution < -0.4 is 5.32 Å². The molecule has 0 saturated carbocycles. The van der Waals surface area contributed by atoms with E-state index in [9.17, 15) is 0 Å². The van der Waals surface area contributed by atoms with E-state index in [0.717, 1.165) is 0 Å². The number of nitrogens with one attached hydrogen (secondary N) is 1. The lowest BCUT2D eigenvalue weighted by Gasteiger charge is -2.30. The molecule has 1 aliphatic heterocycles. The highest BCUT2D eigenvalue weighted by Gasteiger charge is 2.20. The molecule has 0 radical (unpaired) electrons. The van der Waals surface area contributed by atoms with Gasteiger partial charge in [0.25, 0.3) is 0 Å². The molecule has 1 nitrogen and oxygen atoms in total. The first-order chi connectivity index (χ1) is 6.18. The van der Waals surface area contributed by atoms with Crippen molar-refractivity contribution in [2.24, 2.45) is 0 Å². The molecule has 1 N–H and O–H groups in total. The highest BCUT2D eigenvalue weighted by atomic mass is 15.0. The molecule has 1 aromatic carbocycles. The fourth-order valence-electron chi connectivity index (χ4n) is 1.91. The van der Waals surface area contributed by atoms with Gasteiger partial charge in [0.15, 0.2) is 0 Å². The quantitative estimate of drug-likeness (QED) is 0.692. The normalized spacial score (nSPS) is 21.3. The first kappa shape index (κ1) is 8.76. The van der Waals surface area contributed by atoms with Crippen LogP contribution in [0.3, 0.4) is 0 Å². The van der Waals surface area contributed by atoms with Crippen LogP contribution >= 0.6 is 0 Å². The Labute approximate surface area is 80.2 Å². The van der Waals surface area contributed by atoms with Crippen molar-refractivity contribution in [1.29, 1.82) is 0 Å². The van der Waals surface area contributed by atoms with E-state index in [2.05, 4.69) is 38.2 Å². The third kappa shape index (κ3) is 1.49. The fraction of sp³-hybridized carbons (Fsp3) is 0.500. The Bertz CT molecular complexity index is 324. The third-order valence-corrected chi connectivity index (χ3v) is 3.08. The summed E-state index contributed by atoms with van der Waals surface area (Å²) in [6, 6.07) is 5.26. The summed E-state index contributed by atoms with van der Waals surface area (Å²) in [4.78, 5) is 0.